The second-order valence-corrected chi connectivity index (χ2v) is 5.99. The van der Waals surface area contributed by atoms with Gasteiger partial charge in [0, 0.05) is 4.47 Å². The van der Waals surface area contributed by atoms with E-state index in [4.69, 9.17) is 4.74 Å². The van der Waals surface area contributed by atoms with Crippen LogP contribution in [0.2, 0.25) is 0 Å². The minimum atomic E-state index is 0.196. The molecular weight excluding hydrogens is 323 g/mol. The van der Waals surface area contributed by atoms with E-state index >= 15 is 0 Å². The number of fused-ring (bicyclic) bond motifs is 2. The van der Waals surface area contributed by atoms with Gasteiger partial charge in [0.1, 0.15) is 11.5 Å². The number of hydrogen-bond donors (Lipinski definition) is 0. The second-order valence-electron chi connectivity index (χ2n) is 5.13. The molecule has 1 aliphatic rings. The van der Waals surface area contributed by atoms with Crippen molar-refractivity contribution in [2.24, 2.45) is 0 Å². The van der Waals surface area contributed by atoms with Crippen LogP contribution in [0.5, 0.6) is 11.5 Å². The molecule has 0 unspecified atom stereocenters. The lowest BCUT2D eigenvalue weighted by atomic mass is 9.36. The highest BCUT2D eigenvalue weighted by Gasteiger charge is 2.32. The normalized spacial score (nSPS) is 12.3. The van der Waals surface area contributed by atoms with Crippen molar-refractivity contribution < 1.29 is 4.74 Å². The highest BCUT2D eigenvalue weighted by Crippen LogP contribution is 2.24. The van der Waals surface area contributed by atoms with Gasteiger partial charge in [-0.1, -0.05) is 76.0 Å². The van der Waals surface area contributed by atoms with Crippen molar-refractivity contribution in [3.63, 3.8) is 0 Å². The number of ether oxygens (including phenoxy) is 1. The second kappa shape index (κ2) is 5.08. The van der Waals surface area contributed by atoms with E-state index in [0.29, 0.717) is 0 Å². The van der Waals surface area contributed by atoms with E-state index in [1.165, 1.54) is 16.4 Å². The predicted molar refractivity (Wildman–Crippen MR) is 91.8 cm³/mol. The largest absolute Gasteiger partial charge is 0.458 e. The average molecular weight is 335 g/mol. The Morgan fingerprint density at radius 1 is 0.619 bits per heavy atom. The van der Waals surface area contributed by atoms with E-state index in [0.717, 1.165) is 16.0 Å². The van der Waals surface area contributed by atoms with Crippen LogP contribution in [-0.4, -0.2) is 6.71 Å². The molecule has 100 valence electrons. The number of halogens is 1. The van der Waals surface area contributed by atoms with Gasteiger partial charge in [0.05, 0.1) is 0 Å². The summed E-state index contributed by atoms with van der Waals surface area (Å²) in [7, 11) is 0. The Morgan fingerprint density at radius 3 is 1.67 bits per heavy atom. The molecule has 0 atom stereocenters. The molecule has 1 aliphatic heterocycles. The maximum absolute atomic E-state index is 6.05. The van der Waals surface area contributed by atoms with E-state index in [9.17, 15) is 0 Å². The van der Waals surface area contributed by atoms with Crippen molar-refractivity contribution in [2.45, 2.75) is 0 Å². The van der Waals surface area contributed by atoms with Crippen molar-refractivity contribution in [1.82, 2.24) is 0 Å². The smallest absolute Gasteiger partial charge is 0.252 e. The molecule has 0 aliphatic carbocycles. The Hall–Kier alpha value is -2.00. The molecule has 1 nitrogen and oxygen atoms in total. The van der Waals surface area contributed by atoms with Gasteiger partial charge < -0.3 is 4.74 Å². The van der Waals surface area contributed by atoms with Gasteiger partial charge in [-0.15, -0.1) is 0 Å². The highest BCUT2D eigenvalue weighted by molar-refractivity contribution is 9.10. The lowest BCUT2D eigenvalue weighted by Gasteiger charge is -2.27. The van der Waals surface area contributed by atoms with E-state index in [1.54, 1.807) is 0 Å². The third kappa shape index (κ3) is 2.09. The molecule has 3 aromatic carbocycles. The van der Waals surface area contributed by atoms with Crippen LogP contribution in [0.3, 0.4) is 0 Å². The zero-order chi connectivity index (χ0) is 14.2. The molecule has 21 heavy (non-hydrogen) atoms. The maximum atomic E-state index is 6.05. The monoisotopic (exact) mass is 334 g/mol. The molecular formula is C18H12BBrO. The summed E-state index contributed by atoms with van der Waals surface area (Å²) in [5, 5.41) is 0. The molecule has 0 fully saturated rings. The summed E-state index contributed by atoms with van der Waals surface area (Å²) >= 11 is 3.69. The number of rotatable bonds is 1. The van der Waals surface area contributed by atoms with E-state index < -0.39 is 0 Å². The average Bonchev–Trinajstić information content (AvgIpc) is 2.53. The molecule has 0 N–H and O–H groups in total. The SMILES string of the molecule is Brc1ccccc1B1c2ccccc2Oc2ccccc21. The quantitative estimate of drug-likeness (QED) is 0.486. The molecule has 0 amide bonds. The van der Waals surface area contributed by atoms with Gasteiger partial charge in [-0.05, 0) is 29.1 Å². The lowest BCUT2D eigenvalue weighted by Crippen LogP contribution is -2.55. The van der Waals surface area contributed by atoms with Crippen LogP contribution in [0.15, 0.2) is 77.3 Å². The predicted octanol–water partition coefficient (Wildman–Crippen LogP) is 3.07. The summed E-state index contributed by atoms with van der Waals surface area (Å²) in [6.07, 6.45) is 0. The molecule has 3 heteroatoms. The first kappa shape index (κ1) is 12.7. The molecule has 0 radical (unpaired) electrons. The van der Waals surface area contributed by atoms with Crippen molar-refractivity contribution in [1.29, 1.82) is 0 Å². The number of benzene rings is 3. The van der Waals surface area contributed by atoms with Gasteiger partial charge in [0.15, 0.2) is 0 Å². The standard InChI is InChI=1S/C18H12BBrO/c20-16-10-4-1-7-13(16)19-14-8-2-5-11-17(14)21-18-12-6-3-9-15(18)19/h1-12H. The summed E-state index contributed by atoms with van der Waals surface area (Å²) in [6, 6.07) is 24.9. The van der Waals surface area contributed by atoms with Crippen molar-refractivity contribution in [2.75, 3.05) is 0 Å². The van der Waals surface area contributed by atoms with Gasteiger partial charge >= 0.3 is 0 Å². The van der Waals surface area contributed by atoms with Crippen molar-refractivity contribution in [3.8, 4) is 11.5 Å². The molecule has 1 heterocycles. The Kier molecular flexibility index (Phi) is 3.08. The fourth-order valence-corrected chi connectivity index (χ4v) is 3.47. The first-order chi connectivity index (χ1) is 10.3. The lowest BCUT2D eigenvalue weighted by molar-refractivity contribution is 0.487. The molecule has 3 aromatic rings. The summed E-state index contributed by atoms with van der Waals surface area (Å²) in [4.78, 5) is 0. The molecule has 0 aromatic heterocycles. The third-order valence-electron chi connectivity index (χ3n) is 3.90. The summed E-state index contributed by atoms with van der Waals surface area (Å²) in [5.41, 5.74) is 3.69. The van der Waals surface area contributed by atoms with Crippen molar-refractivity contribution in [3.05, 3.63) is 77.3 Å². The first-order valence-electron chi connectivity index (χ1n) is 6.95. The van der Waals surface area contributed by atoms with Gasteiger partial charge in [-0.3, -0.25) is 0 Å². The zero-order valence-electron chi connectivity index (χ0n) is 11.3. The van der Waals surface area contributed by atoms with Gasteiger partial charge in [0.2, 0.25) is 0 Å². The van der Waals surface area contributed by atoms with Crippen LogP contribution in [0, 0.1) is 0 Å². The Labute approximate surface area is 132 Å². The molecule has 0 spiro atoms. The van der Waals surface area contributed by atoms with Crippen molar-refractivity contribution >= 4 is 39.0 Å². The zero-order valence-corrected chi connectivity index (χ0v) is 12.9. The van der Waals surface area contributed by atoms with Gasteiger partial charge in [0.25, 0.3) is 6.71 Å². The Morgan fingerprint density at radius 2 is 1.10 bits per heavy atom. The Bertz CT molecular complexity index is 755. The van der Waals surface area contributed by atoms with Gasteiger partial charge in [-0.2, -0.15) is 0 Å². The van der Waals surface area contributed by atoms with E-state index in [1.807, 2.05) is 30.3 Å². The molecule has 0 bridgehead atoms. The summed E-state index contributed by atoms with van der Waals surface area (Å²) < 4.78 is 7.18. The van der Waals surface area contributed by atoms with Crippen LogP contribution in [0.25, 0.3) is 0 Å². The van der Waals surface area contributed by atoms with E-state index in [-0.39, 0.29) is 6.71 Å². The topological polar surface area (TPSA) is 9.23 Å². The van der Waals surface area contributed by atoms with Crippen LogP contribution in [-0.2, 0) is 0 Å². The third-order valence-corrected chi connectivity index (χ3v) is 4.62. The molecule has 0 saturated carbocycles. The van der Waals surface area contributed by atoms with E-state index in [2.05, 4.69) is 58.4 Å². The summed E-state index contributed by atoms with van der Waals surface area (Å²) in [5.74, 6) is 1.88. The molecule has 4 rings (SSSR count). The fraction of sp³-hybridized carbons (Fsp3) is 0. The highest BCUT2D eigenvalue weighted by atomic mass is 79.9. The van der Waals surface area contributed by atoms with Crippen LogP contribution in [0.1, 0.15) is 0 Å². The minimum Gasteiger partial charge on any atom is -0.458 e. The van der Waals surface area contributed by atoms with Crippen LogP contribution >= 0.6 is 15.9 Å². The number of hydrogen-bond acceptors (Lipinski definition) is 1. The fourth-order valence-electron chi connectivity index (χ4n) is 2.95. The van der Waals surface area contributed by atoms with Crippen LogP contribution in [0.4, 0.5) is 0 Å². The van der Waals surface area contributed by atoms with Gasteiger partial charge in [-0.25, -0.2) is 0 Å². The first-order valence-corrected chi connectivity index (χ1v) is 7.74. The number of para-hydroxylation sites is 2. The molecule has 0 saturated heterocycles. The maximum Gasteiger partial charge on any atom is 0.252 e. The summed E-state index contributed by atoms with van der Waals surface area (Å²) in [6.45, 7) is 0.196. The van der Waals surface area contributed by atoms with Crippen LogP contribution < -0.4 is 21.1 Å². The minimum absolute atomic E-state index is 0.196. The Balaban J connectivity index is 2.00.